The Labute approximate surface area is 181 Å². The van der Waals surface area contributed by atoms with Crippen LogP contribution < -0.4 is 10.1 Å². The number of aryl methyl sites for hydroxylation is 1. The van der Waals surface area contributed by atoms with Gasteiger partial charge in [-0.15, -0.1) is 13.2 Å². The minimum Gasteiger partial charge on any atom is -0.460 e. The summed E-state index contributed by atoms with van der Waals surface area (Å²) in [6.45, 7) is 18.4. The maximum absolute atomic E-state index is 6.28. The molecular formula is C27H33NO2. The highest BCUT2D eigenvalue weighted by molar-refractivity contribution is 5.90. The van der Waals surface area contributed by atoms with Gasteiger partial charge in [0.15, 0.2) is 0 Å². The largest absolute Gasteiger partial charge is 0.460 e. The highest BCUT2D eigenvalue weighted by Crippen LogP contribution is 2.50. The molecule has 2 heterocycles. The summed E-state index contributed by atoms with van der Waals surface area (Å²) in [4.78, 5) is 0. The molecule has 0 amide bonds. The standard InChI is InChI=1S/C23H25NO2.C4H8/c1-6-12-25-22-21-16(19-14(2)8-7-9-18(19)26-22)10-11-17-20(21)15(3)13-23(4,5)24-17;1-3-4-2/h6-11,13,22,24H,1,12H2,2-5H3;3H,1,4H2,2H3. The van der Waals surface area contributed by atoms with Crippen molar-refractivity contribution in [3.63, 3.8) is 0 Å². The molecule has 2 aliphatic heterocycles. The Morgan fingerprint density at radius 1 is 1.10 bits per heavy atom. The lowest BCUT2D eigenvalue weighted by molar-refractivity contribution is -0.0739. The van der Waals surface area contributed by atoms with Gasteiger partial charge in [-0.25, -0.2) is 0 Å². The molecule has 1 unspecified atom stereocenters. The minimum atomic E-state index is -0.446. The molecule has 1 N–H and O–H groups in total. The number of rotatable bonds is 4. The Balaban J connectivity index is 0.000000589. The molecule has 0 fully saturated rings. The minimum absolute atomic E-state index is 0.0772. The van der Waals surface area contributed by atoms with Crippen LogP contribution in [0.5, 0.6) is 5.75 Å². The van der Waals surface area contributed by atoms with Crippen molar-refractivity contribution in [3.8, 4) is 16.9 Å². The molecule has 30 heavy (non-hydrogen) atoms. The van der Waals surface area contributed by atoms with Gasteiger partial charge in [-0.1, -0.05) is 43.4 Å². The highest BCUT2D eigenvalue weighted by Gasteiger charge is 2.34. The van der Waals surface area contributed by atoms with Crippen molar-refractivity contribution in [2.24, 2.45) is 0 Å². The summed E-state index contributed by atoms with van der Waals surface area (Å²) in [5, 5.41) is 3.62. The molecule has 3 nitrogen and oxygen atoms in total. The molecule has 3 heteroatoms. The first kappa shape index (κ1) is 21.9. The molecular weight excluding hydrogens is 370 g/mol. The van der Waals surface area contributed by atoms with Crippen LogP contribution >= 0.6 is 0 Å². The van der Waals surface area contributed by atoms with Crippen molar-refractivity contribution in [2.45, 2.75) is 52.9 Å². The molecule has 0 saturated heterocycles. The molecule has 2 aromatic carbocycles. The third-order valence-electron chi connectivity index (χ3n) is 5.30. The van der Waals surface area contributed by atoms with Crippen molar-refractivity contribution in [1.82, 2.24) is 0 Å². The summed E-state index contributed by atoms with van der Waals surface area (Å²) in [6.07, 6.45) is 6.54. The van der Waals surface area contributed by atoms with Crippen molar-refractivity contribution >= 4 is 11.3 Å². The van der Waals surface area contributed by atoms with Gasteiger partial charge in [0.25, 0.3) is 0 Å². The van der Waals surface area contributed by atoms with Gasteiger partial charge in [0.05, 0.1) is 12.1 Å². The van der Waals surface area contributed by atoms with Gasteiger partial charge in [-0.3, -0.25) is 0 Å². The van der Waals surface area contributed by atoms with Gasteiger partial charge in [-0.05, 0) is 62.9 Å². The lowest BCUT2D eigenvalue weighted by atomic mass is 9.83. The molecule has 0 spiro atoms. The lowest BCUT2D eigenvalue weighted by Crippen LogP contribution is -2.32. The van der Waals surface area contributed by atoms with Gasteiger partial charge in [-0.2, -0.15) is 0 Å². The van der Waals surface area contributed by atoms with E-state index in [0.29, 0.717) is 6.61 Å². The monoisotopic (exact) mass is 403 g/mol. The van der Waals surface area contributed by atoms with Crippen LogP contribution in [0.3, 0.4) is 0 Å². The SMILES string of the molecule is C=CCC.C=CCOC1Oc2cccc(C)c2-c2ccc3c(c21)C(C)=CC(C)(C)N3. The zero-order chi connectivity index (χ0) is 21.9. The first-order valence-corrected chi connectivity index (χ1v) is 10.6. The third-order valence-corrected chi connectivity index (χ3v) is 5.30. The lowest BCUT2D eigenvalue weighted by Gasteiger charge is -2.37. The van der Waals surface area contributed by atoms with E-state index in [0.717, 1.165) is 29.0 Å². The normalized spacial score (nSPS) is 17.5. The van der Waals surface area contributed by atoms with E-state index in [-0.39, 0.29) is 5.54 Å². The summed E-state index contributed by atoms with van der Waals surface area (Å²) >= 11 is 0. The summed E-state index contributed by atoms with van der Waals surface area (Å²) in [5.41, 5.74) is 8.12. The molecule has 0 radical (unpaired) electrons. The zero-order valence-corrected chi connectivity index (χ0v) is 18.8. The topological polar surface area (TPSA) is 30.5 Å². The van der Waals surface area contributed by atoms with Crippen LogP contribution in [0.25, 0.3) is 16.7 Å². The number of nitrogens with one attached hydrogen (secondary N) is 1. The quantitative estimate of drug-likeness (QED) is 0.538. The molecule has 158 valence electrons. The van der Waals surface area contributed by atoms with Crippen molar-refractivity contribution in [2.75, 3.05) is 11.9 Å². The van der Waals surface area contributed by atoms with E-state index in [1.54, 1.807) is 6.08 Å². The Bertz CT molecular complexity index is 985. The Hall–Kier alpha value is -2.78. The van der Waals surface area contributed by atoms with E-state index >= 15 is 0 Å². The van der Waals surface area contributed by atoms with E-state index in [1.165, 1.54) is 22.3 Å². The number of ether oxygens (including phenoxy) is 2. The smallest absolute Gasteiger partial charge is 0.228 e. The second kappa shape index (κ2) is 8.93. The Morgan fingerprint density at radius 2 is 1.83 bits per heavy atom. The van der Waals surface area contributed by atoms with Gasteiger partial charge < -0.3 is 14.8 Å². The van der Waals surface area contributed by atoms with Crippen LogP contribution in [-0.4, -0.2) is 12.1 Å². The number of hydrogen-bond donors (Lipinski definition) is 1. The molecule has 4 rings (SSSR count). The zero-order valence-electron chi connectivity index (χ0n) is 18.8. The van der Waals surface area contributed by atoms with Crippen LogP contribution in [0.1, 0.15) is 57.1 Å². The van der Waals surface area contributed by atoms with Crippen LogP contribution in [0.4, 0.5) is 5.69 Å². The molecule has 0 aromatic heterocycles. The second-order valence-electron chi connectivity index (χ2n) is 8.34. The van der Waals surface area contributed by atoms with Crippen LogP contribution in [0, 0.1) is 6.92 Å². The van der Waals surface area contributed by atoms with E-state index in [4.69, 9.17) is 9.47 Å². The Kier molecular flexibility index (Phi) is 6.52. The fraction of sp³-hybridized carbons (Fsp3) is 0.333. The van der Waals surface area contributed by atoms with Crippen LogP contribution in [0.15, 0.2) is 61.7 Å². The fourth-order valence-electron chi connectivity index (χ4n) is 4.14. The van der Waals surface area contributed by atoms with E-state index in [9.17, 15) is 0 Å². The molecule has 2 aromatic rings. The summed E-state index contributed by atoms with van der Waals surface area (Å²) < 4.78 is 12.3. The molecule has 0 saturated carbocycles. The molecule has 2 aliphatic rings. The first-order valence-electron chi connectivity index (χ1n) is 10.6. The predicted octanol–water partition coefficient (Wildman–Crippen LogP) is 7.45. The highest BCUT2D eigenvalue weighted by atomic mass is 16.7. The van der Waals surface area contributed by atoms with Crippen LogP contribution in [0.2, 0.25) is 0 Å². The maximum atomic E-state index is 6.28. The van der Waals surface area contributed by atoms with Crippen LogP contribution in [-0.2, 0) is 4.74 Å². The molecule has 0 bridgehead atoms. The first-order chi connectivity index (χ1) is 14.3. The summed E-state index contributed by atoms with van der Waals surface area (Å²) in [5.74, 6) is 0.872. The predicted molar refractivity (Wildman–Crippen MR) is 128 cm³/mol. The van der Waals surface area contributed by atoms with E-state index in [2.05, 4.69) is 77.4 Å². The summed E-state index contributed by atoms with van der Waals surface area (Å²) in [7, 11) is 0. The maximum Gasteiger partial charge on any atom is 0.228 e. The number of allylic oxidation sites excluding steroid dienone is 2. The number of fused-ring (bicyclic) bond motifs is 5. The summed E-state index contributed by atoms with van der Waals surface area (Å²) in [6, 6.07) is 10.5. The number of hydrogen-bond acceptors (Lipinski definition) is 3. The van der Waals surface area contributed by atoms with Gasteiger partial charge >= 0.3 is 0 Å². The average molecular weight is 404 g/mol. The van der Waals surface area contributed by atoms with Gasteiger partial charge in [0.2, 0.25) is 6.29 Å². The average Bonchev–Trinajstić information content (AvgIpc) is 2.70. The fourth-order valence-corrected chi connectivity index (χ4v) is 4.14. The van der Waals surface area contributed by atoms with E-state index in [1.807, 2.05) is 18.2 Å². The Morgan fingerprint density at radius 3 is 2.50 bits per heavy atom. The van der Waals surface area contributed by atoms with Crippen molar-refractivity contribution < 1.29 is 9.47 Å². The third kappa shape index (κ3) is 4.22. The number of benzene rings is 2. The number of anilines is 1. The van der Waals surface area contributed by atoms with Gasteiger partial charge in [0, 0.05) is 22.4 Å². The van der Waals surface area contributed by atoms with Crippen molar-refractivity contribution in [1.29, 1.82) is 0 Å². The molecule has 0 aliphatic carbocycles. The second-order valence-corrected chi connectivity index (χ2v) is 8.34. The molecule has 1 atom stereocenters. The van der Waals surface area contributed by atoms with E-state index < -0.39 is 6.29 Å². The van der Waals surface area contributed by atoms with Gasteiger partial charge in [0.1, 0.15) is 5.75 Å². The van der Waals surface area contributed by atoms with Crippen molar-refractivity contribution in [3.05, 3.63) is 78.4 Å².